The van der Waals surface area contributed by atoms with Crippen molar-refractivity contribution in [1.29, 1.82) is 0 Å². The van der Waals surface area contributed by atoms with Gasteiger partial charge in [-0.25, -0.2) is 0 Å². The van der Waals surface area contributed by atoms with Crippen LogP contribution in [0.15, 0.2) is 42.5 Å². The molecule has 10 heteroatoms. The van der Waals surface area contributed by atoms with E-state index in [1.807, 2.05) is 30.3 Å². The van der Waals surface area contributed by atoms with Crippen LogP contribution >= 0.6 is 0 Å². The Labute approximate surface area is 251 Å². The Morgan fingerprint density at radius 1 is 0.605 bits per heavy atom. The van der Waals surface area contributed by atoms with Gasteiger partial charge in [-0.05, 0) is 71.7 Å². The molecule has 1 aliphatic rings. The summed E-state index contributed by atoms with van der Waals surface area (Å²) in [5, 5.41) is 0. The molecule has 1 aliphatic heterocycles. The van der Waals surface area contributed by atoms with Crippen LogP contribution in [-0.2, 0) is 11.2 Å². The summed E-state index contributed by atoms with van der Waals surface area (Å²) in [7, 11) is 12.5. The second-order valence-electron chi connectivity index (χ2n) is 9.38. The van der Waals surface area contributed by atoms with E-state index >= 15 is 0 Å². The van der Waals surface area contributed by atoms with Crippen LogP contribution in [0.4, 0.5) is 0 Å². The molecule has 3 aromatic rings. The van der Waals surface area contributed by atoms with Crippen molar-refractivity contribution in [3.05, 3.63) is 64.7 Å². The molecule has 10 nitrogen and oxygen atoms in total. The molecule has 0 spiro atoms. The Morgan fingerprint density at radius 2 is 1.07 bits per heavy atom. The van der Waals surface area contributed by atoms with Crippen LogP contribution in [0, 0.1) is 0 Å². The normalized spacial score (nSPS) is 13.4. The van der Waals surface area contributed by atoms with E-state index < -0.39 is 0 Å². The highest BCUT2D eigenvalue weighted by Crippen LogP contribution is 2.42. The van der Waals surface area contributed by atoms with Gasteiger partial charge in [0.05, 0.1) is 62.6 Å². The minimum Gasteiger partial charge on any atom is -0.493 e. The average molecular weight is 592 g/mol. The van der Waals surface area contributed by atoms with Gasteiger partial charge in [0, 0.05) is 18.2 Å². The van der Waals surface area contributed by atoms with Crippen LogP contribution in [-0.4, -0.2) is 74.2 Å². The lowest BCUT2D eigenvalue weighted by atomic mass is 9.94. The van der Waals surface area contributed by atoms with Crippen molar-refractivity contribution in [2.75, 3.05) is 63.4 Å². The molecule has 0 N–H and O–H groups in total. The summed E-state index contributed by atoms with van der Waals surface area (Å²) in [6.07, 6.45) is 5.77. The predicted molar refractivity (Wildman–Crippen MR) is 164 cm³/mol. The number of carbonyl (C=O) groups is 1. The van der Waals surface area contributed by atoms with Gasteiger partial charge in [-0.2, -0.15) is 0 Å². The molecule has 0 fully saturated rings. The largest absolute Gasteiger partial charge is 0.493 e. The molecule has 0 aliphatic carbocycles. The van der Waals surface area contributed by atoms with E-state index in [1.54, 1.807) is 80.0 Å². The first-order valence-corrected chi connectivity index (χ1v) is 13.4. The molecular formula is C33H37NO9. The zero-order valence-electron chi connectivity index (χ0n) is 25.7. The van der Waals surface area contributed by atoms with E-state index in [-0.39, 0.29) is 5.91 Å². The molecule has 43 heavy (non-hydrogen) atoms. The van der Waals surface area contributed by atoms with Crippen LogP contribution in [0.3, 0.4) is 0 Å². The lowest BCUT2D eigenvalue weighted by Gasteiger charge is -2.32. The zero-order chi connectivity index (χ0) is 31.1. The van der Waals surface area contributed by atoms with Gasteiger partial charge < -0.3 is 42.8 Å². The van der Waals surface area contributed by atoms with Crippen molar-refractivity contribution >= 4 is 23.8 Å². The lowest BCUT2D eigenvalue weighted by molar-refractivity contribution is -0.123. The fraction of sp³-hybridized carbons (Fsp3) is 0.303. The summed E-state index contributed by atoms with van der Waals surface area (Å²) in [4.78, 5) is 15.6. The highest BCUT2D eigenvalue weighted by Gasteiger charge is 2.27. The third-order valence-electron chi connectivity index (χ3n) is 7.14. The Morgan fingerprint density at radius 3 is 1.53 bits per heavy atom. The SMILES string of the molecule is COc1cc2c(cc1OC)/C(=C/c1cc(OC)c(OC)c(OC)c1)N(C(=O)/C=C/c1cc(OC)c(OC)c(OC)c1)CC2. The smallest absolute Gasteiger partial charge is 0.251 e. The van der Waals surface area contributed by atoms with Crippen molar-refractivity contribution in [2.45, 2.75) is 6.42 Å². The number of rotatable bonds is 11. The molecule has 0 saturated carbocycles. The minimum atomic E-state index is -0.215. The first-order chi connectivity index (χ1) is 20.8. The van der Waals surface area contributed by atoms with Crippen LogP contribution in [0.1, 0.15) is 22.3 Å². The Bertz CT molecular complexity index is 1490. The standard InChI is InChI=1S/C33H37NO9/c1-36-25-18-22-11-12-34(31(35)10-9-20-14-27(38-3)32(42-7)28(15-20)39-4)24(23(22)19-26(25)37-2)13-21-16-29(40-5)33(43-8)30(17-21)41-6/h9-10,13-19H,11-12H2,1-8H3/b10-9+,24-13-. The average Bonchev–Trinajstić information content (AvgIpc) is 3.05. The number of methoxy groups -OCH3 is 8. The zero-order valence-corrected chi connectivity index (χ0v) is 25.7. The van der Waals surface area contributed by atoms with Crippen LogP contribution in [0.5, 0.6) is 46.0 Å². The number of hydrogen-bond donors (Lipinski definition) is 0. The summed E-state index contributed by atoms with van der Waals surface area (Å²) in [5.41, 5.74) is 4.00. The Hall–Kier alpha value is -4.99. The second kappa shape index (κ2) is 13.8. The minimum absolute atomic E-state index is 0.215. The summed E-state index contributed by atoms with van der Waals surface area (Å²) in [6, 6.07) is 11.1. The number of ether oxygens (including phenoxy) is 8. The van der Waals surface area contributed by atoms with Gasteiger partial charge in [0.2, 0.25) is 11.5 Å². The van der Waals surface area contributed by atoms with E-state index in [0.29, 0.717) is 70.2 Å². The fourth-order valence-corrected chi connectivity index (χ4v) is 5.05. The number of fused-ring (bicyclic) bond motifs is 1. The third-order valence-corrected chi connectivity index (χ3v) is 7.14. The van der Waals surface area contributed by atoms with Crippen molar-refractivity contribution in [2.24, 2.45) is 0 Å². The van der Waals surface area contributed by atoms with Crippen molar-refractivity contribution in [3.63, 3.8) is 0 Å². The van der Waals surface area contributed by atoms with Gasteiger partial charge in [-0.1, -0.05) is 0 Å². The van der Waals surface area contributed by atoms with E-state index in [0.717, 1.165) is 16.7 Å². The van der Waals surface area contributed by atoms with Gasteiger partial charge >= 0.3 is 0 Å². The first-order valence-electron chi connectivity index (χ1n) is 13.4. The van der Waals surface area contributed by atoms with Gasteiger partial charge in [0.15, 0.2) is 34.5 Å². The molecular weight excluding hydrogens is 554 g/mol. The predicted octanol–water partition coefficient (Wildman–Crippen LogP) is 5.35. The topological polar surface area (TPSA) is 94.2 Å². The van der Waals surface area contributed by atoms with Gasteiger partial charge in [0.1, 0.15) is 0 Å². The summed E-state index contributed by atoms with van der Waals surface area (Å²) in [5.74, 6) is 3.89. The maximum absolute atomic E-state index is 13.8. The number of carbonyl (C=O) groups excluding carboxylic acids is 1. The third kappa shape index (κ3) is 6.28. The van der Waals surface area contributed by atoms with Gasteiger partial charge in [-0.3, -0.25) is 4.79 Å². The number of amides is 1. The highest BCUT2D eigenvalue weighted by atomic mass is 16.5. The summed E-state index contributed by atoms with van der Waals surface area (Å²) in [6.45, 7) is 0.442. The van der Waals surface area contributed by atoms with E-state index in [2.05, 4.69) is 0 Å². The summed E-state index contributed by atoms with van der Waals surface area (Å²) >= 11 is 0. The molecule has 0 unspecified atom stereocenters. The maximum atomic E-state index is 13.8. The molecule has 1 amide bonds. The molecule has 0 aromatic heterocycles. The van der Waals surface area contributed by atoms with E-state index in [1.165, 1.54) is 6.08 Å². The first kappa shape index (κ1) is 31.0. The number of benzene rings is 3. The van der Waals surface area contributed by atoms with Gasteiger partial charge in [-0.15, -0.1) is 0 Å². The molecule has 4 rings (SSSR count). The van der Waals surface area contributed by atoms with Crippen LogP contribution in [0.25, 0.3) is 17.8 Å². The Kier molecular flexibility index (Phi) is 9.92. The molecule has 0 atom stereocenters. The Balaban J connectivity index is 1.83. The number of hydrogen-bond acceptors (Lipinski definition) is 9. The van der Waals surface area contributed by atoms with Crippen molar-refractivity contribution in [3.8, 4) is 46.0 Å². The molecule has 0 radical (unpaired) electrons. The quantitative estimate of drug-likeness (QED) is 0.274. The highest BCUT2D eigenvalue weighted by molar-refractivity contribution is 6.01. The van der Waals surface area contributed by atoms with Crippen molar-refractivity contribution < 1.29 is 42.7 Å². The molecule has 1 heterocycles. The fourth-order valence-electron chi connectivity index (χ4n) is 5.05. The second-order valence-corrected chi connectivity index (χ2v) is 9.38. The number of nitrogens with zero attached hydrogens (tertiary/aromatic N) is 1. The van der Waals surface area contributed by atoms with E-state index in [9.17, 15) is 4.79 Å². The lowest BCUT2D eigenvalue weighted by Crippen LogP contribution is -2.34. The molecule has 228 valence electrons. The molecule has 0 bridgehead atoms. The van der Waals surface area contributed by atoms with E-state index in [4.69, 9.17) is 37.9 Å². The summed E-state index contributed by atoms with van der Waals surface area (Å²) < 4.78 is 44.1. The van der Waals surface area contributed by atoms with Crippen LogP contribution < -0.4 is 37.9 Å². The van der Waals surface area contributed by atoms with Gasteiger partial charge in [0.25, 0.3) is 5.91 Å². The molecule has 3 aromatic carbocycles. The maximum Gasteiger partial charge on any atom is 0.251 e. The van der Waals surface area contributed by atoms with Crippen LogP contribution in [0.2, 0.25) is 0 Å². The molecule has 0 saturated heterocycles. The monoisotopic (exact) mass is 591 g/mol. The van der Waals surface area contributed by atoms with Crippen molar-refractivity contribution in [1.82, 2.24) is 4.90 Å².